The van der Waals surface area contributed by atoms with Gasteiger partial charge in [0, 0.05) is 17.9 Å². The summed E-state index contributed by atoms with van der Waals surface area (Å²) in [7, 11) is 0. The van der Waals surface area contributed by atoms with E-state index in [0.29, 0.717) is 6.42 Å². The second kappa shape index (κ2) is 7.49. The highest BCUT2D eigenvalue weighted by atomic mass is 16.3. The van der Waals surface area contributed by atoms with Gasteiger partial charge in [0.15, 0.2) is 0 Å². The molecule has 0 radical (unpaired) electrons. The summed E-state index contributed by atoms with van der Waals surface area (Å²) in [6, 6.07) is 15.6. The minimum absolute atomic E-state index is 0.121. The number of aryl methyl sites for hydroxylation is 1. The molecule has 1 unspecified atom stereocenters. The Labute approximate surface area is 143 Å². The number of phenolic OH excluding ortho intramolecular Hbond substituents is 1. The Balaban J connectivity index is 1.90. The van der Waals surface area contributed by atoms with Crippen LogP contribution >= 0.6 is 0 Å². The zero-order valence-corrected chi connectivity index (χ0v) is 14.1. The second-order valence-corrected chi connectivity index (χ2v) is 6.48. The Hall–Kier alpha value is -2.33. The summed E-state index contributed by atoms with van der Waals surface area (Å²) in [4.78, 5) is 14.7. The molecule has 3 N–H and O–H groups in total. The third kappa shape index (κ3) is 3.77. The molecule has 0 saturated carbocycles. The first-order valence-electron chi connectivity index (χ1n) is 8.59. The van der Waals surface area contributed by atoms with Gasteiger partial charge in [0.2, 0.25) is 5.91 Å². The van der Waals surface area contributed by atoms with Gasteiger partial charge in [-0.1, -0.05) is 48.0 Å². The average molecular weight is 325 g/mol. The number of benzene rings is 2. The molecule has 1 fully saturated rings. The van der Waals surface area contributed by atoms with Gasteiger partial charge in [0.05, 0.1) is 26.2 Å². The first kappa shape index (κ1) is 16.5. The Bertz CT molecular complexity index is 694. The van der Waals surface area contributed by atoms with Crippen LogP contribution in [0.4, 0.5) is 0 Å². The van der Waals surface area contributed by atoms with Gasteiger partial charge in [-0.2, -0.15) is 0 Å². The van der Waals surface area contributed by atoms with Crippen molar-refractivity contribution in [2.45, 2.75) is 19.3 Å². The van der Waals surface area contributed by atoms with Crippen LogP contribution in [0, 0.1) is 6.92 Å². The fourth-order valence-electron chi connectivity index (χ4n) is 3.35. The fourth-order valence-corrected chi connectivity index (χ4v) is 3.35. The number of amides is 1. The van der Waals surface area contributed by atoms with E-state index in [-0.39, 0.29) is 17.6 Å². The van der Waals surface area contributed by atoms with Crippen molar-refractivity contribution in [2.75, 3.05) is 26.2 Å². The summed E-state index contributed by atoms with van der Waals surface area (Å²) in [5.41, 5.74) is 2.98. The van der Waals surface area contributed by atoms with E-state index in [9.17, 15) is 9.90 Å². The summed E-state index contributed by atoms with van der Waals surface area (Å²) in [5, 5.41) is 12.6. The number of carbonyl (C=O) groups excluding carboxylic acids is 1. The van der Waals surface area contributed by atoms with E-state index >= 15 is 0 Å². The number of nitrogens with two attached hydrogens (primary N) is 1. The highest BCUT2D eigenvalue weighted by Gasteiger charge is 2.25. The summed E-state index contributed by atoms with van der Waals surface area (Å²) in [5.74, 6) is 0.302. The van der Waals surface area contributed by atoms with Gasteiger partial charge in [-0.15, -0.1) is 0 Å². The van der Waals surface area contributed by atoms with Crippen molar-refractivity contribution in [3.05, 3.63) is 65.2 Å². The standard InChI is InChI=1S/C20H24N2O2/c1-15-7-8-19(23)18(13-15)17(16-5-3-2-4-6-16)14-20(24)22-11-9-21-10-12-22/h2-8,13,17,21,23H,9-12,14H2,1H3/p+1. The van der Waals surface area contributed by atoms with E-state index in [1.165, 1.54) is 0 Å². The molecule has 3 rings (SSSR count). The zero-order valence-electron chi connectivity index (χ0n) is 14.1. The molecule has 126 valence electrons. The molecule has 1 heterocycles. The Morgan fingerprint density at radius 1 is 1.17 bits per heavy atom. The number of nitrogens with zero attached hydrogens (tertiary/aromatic N) is 1. The molecule has 0 bridgehead atoms. The van der Waals surface area contributed by atoms with Crippen LogP contribution < -0.4 is 5.32 Å². The van der Waals surface area contributed by atoms with Gasteiger partial charge < -0.3 is 15.3 Å². The molecule has 4 heteroatoms. The maximum atomic E-state index is 12.8. The molecule has 0 aromatic heterocycles. The van der Waals surface area contributed by atoms with Crippen LogP contribution in [-0.4, -0.2) is 42.1 Å². The topological polar surface area (TPSA) is 57.1 Å². The van der Waals surface area contributed by atoms with Gasteiger partial charge in [-0.25, -0.2) is 0 Å². The highest BCUT2D eigenvalue weighted by Crippen LogP contribution is 2.35. The first-order valence-corrected chi connectivity index (χ1v) is 8.59. The number of piperazine rings is 1. The smallest absolute Gasteiger partial charge is 0.223 e. The minimum atomic E-state index is -0.121. The van der Waals surface area contributed by atoms with Crippen molar-refractivity contribution >= 4 is 5.91 Å². The van der Waals surface area contributed by atoms with Gasteiger partial charge in [-0.3, -0.25) is 4.79 Å². The zero-order chi connectivity index (χ0) is 16.9. The maximum Gasteiger partial charge on any atom is 0.223 e. The fraction of sp³-hybridized carbons (Fsp3) is 0.350. The van der Waals surface area contributed by atoms with E-state index in [4.69, 9.17) is 0 Å². The molecule has 2 aromatic rings. The van der Waals surface area contributed by atoms with Crippen LogP contribution in [0.1, 0.15) is 29.0 Å². The third-order valence-electron chi connectivity index (χ3n) is 4.70. The average Bonchev–Trinajstić information content (AvgIpc) is 2.63. The molecule has 4 nitrogen and oxygen atoms in total. The Morgan fingerprint density at radius 2 is 1.88 bits per heavy atom. The number of quaternary nitrogens is 1. The lowest BCUT2D eigenvalue weighted by atomic mass is 9.86. The predicted molar refractivity (Wildman–Crippen MR) is 94.0 cm³/mol. The van der Waals surface area contributed by atoms with Crippen LogP contribution in [0.15, 0.2) is 48.5 Å². The molecule has 1 aliphatic heterocycles. The number of hydrogen-bond acceptors (Lipinski definition) is 2. The number of phenols is 1. The molecule has 1 amide bonds. The molecular formula is C20H25N2O2+. The van der Waals surface area contributed by atoms with Crippen LogP contribution in [0.5, 0.6) is 5.75 Å². The van der Waals surface area contributed by atoms with Crippen molar-refractivity contribution in [3.63, 3.8) is 0 Å². The van der Waals surface area contributed by atoms with Crippen LogP contribution in [-0.2, 0) is 4.79 Å². The van der Waals surface area contributed by atoms with Gasteiger partial charge >= 0.3 is 0 Å². The normalized spacial score (nSPS) is 16.0. The summed E-state index contributed by atoms with van der Waals surface area (Å²) >= 11 is 0. The van der Waals surface area contributed by atoms with Gasteiger partial charge in [0.1, 0.15) is 5.75 Å². The van der Waals surface area contributed by atoms with E-state index in [1.807, 2.05) is 54.3 Å². The predicted octanol–water partition coefficient (Wildman–Crippen LogP) is 1.63. The molecule has 0 aliphatic carbocycles. The molecular weight excluding hydrogens is 300 g/mol. The third-order valence-corrected chi connectivity index (χ3v) is 4.70. The molecule has 1 aliphatic rings. The molecule has 1 atom stereocenters. The summed E-state index contributed by atoms with van der Waals surface area (Å²) in [6.07, 6.45) is 0.390. The van der Waals surface area contributed by atoms with Crippen LogP contribution in [0.3, 0.4) is 0 Å². The number of hydrogen-bond donors (Lipinski definition) is 2. The van der Waals surface area contributed by atoms with Crippen LogP contribution in [0.2, 0.25) is 0 Å². The van der Waals surface area contributed by atoms with E-state index in [0.717, 1.165) is 42.9 Å². The van der Waals surface area contributed by atoms with Crippen molar-refractivity contribution in [1.29, 1.82) is 0 Å². The second-order valence-electron chi connectivity index (χ2n) is 6.48. The Kier molecular flexibility index (Phi) is 5.16. The maximum absolute atomic E-state index is 12.8. The van der Waals surface area contributed by atoms with Crippen molar-refractivity contribution in [1.82, 2.24) is 4.90 Å². The molecule has 24 heavy (non-hydrogen) atoms. The van der Waals surface area contributed by atoms with E-state index < -0.39 is 0 Å². The monoisotopic (exact) mass is 325 g/mol. The van der Waals surface area contributed by atoms with Gasteiger partial charge in [0.25, 0.3) is 0 Å². The lowest BCUT2D eigenvalue weighted by Crippen LogP contribution is -2.89. The lowest BCUT2D eigenvalue weighted by molar-refractivity contribution is -0.662. The largest absolute Gasteiger partial charge is 0.508 e. The van der Waals surface area contributed by atoms with E-state index in [2.05, 4.69) is 5.32 Å². The van der Waals surface area contributed by atoms with Crippen molar-refractivity contribution < 1.29 is 15.2 Å². The highest BCUT2D eigenvalue weighted by molar-refractivity contribution is 5.78. The summed E-state index contributed by atoms with van der Waals surface area (Å²) in [6.45, 7) is 5.56. The van der Waals surface area contributed by atoms with Crippen molar-refractivity contribution in [3.8, 4) is 5.75 Å². The van der Waals surface area contributed by atoms with Crippen LogP contribution in [0.25, 0.3) is 0 Å². The van der Waals surface area contributed by atoms with Crippen molar-refractivity contribution in [2.24, 2.45) is 0 Å². The molecule has 1 saturated heterocycles. The summed E-state index contributed by atoms with van der Waals surface area (Å²) < 4.78 is 0. The quantitative estimate of drug-likeness (QED) is 0.898. The molecule has 0 spiro atoms. The number of carbonyl (C=O) groups is 1. The molecule has 2 aromatic carbocycles. The first-order chi connectivity index (χ1) is 11.6. The number of aromatic hydroxyl groups is 1. The van der Waals surface area contributed by atoms with E-state index in [1.54, 1.807) is 6.07 Å². The Morgan fingerprint density at radius 3 is 2.58 bits per heavy atom. The van der Waals surface area contributed by atoms with Gasteiger partial charge in [-0.05, 0) is 18.6 Å². The lowest BCUT2D eigenvalue weighted by Gasteiger charge is -2.28. The number of rotatable bonds is 4. The minimum Gasteiger partial charge on any atom is -0.508 e. The SMILES string of the molecule is Cc1ccc(O)c(C(CC(=O)N2CC[NH2+]CC2)c2ccccc2)c1.